The lowest BCUT2D eigenvalue weighted by Crippen LogP contribution is -2.38. The van der Waals surface area contributed by atoms with Crippen LogP contribution in [0.2, 0.25) is 0 Å². The maximum atomic E-state index is 11.8. The average Bonchev–Trinajstić information content (AvgIpc) is 2.23. The molecule has 0 atom stereocenters. The zero-order valence-electron chi connectivity index (χ0n) is 10.1. The van der Waals surface area contributed by atoms with E-state index in [1.807, 2.05) is 13.8 Å². The van der Waals surface area contributed by atoms with Gasteiger partial charge in [-0.2, -0.15) is 0 Å². The summed E-state index contributed by atoms with van der Waals surface area (Å²) in [6, 6.07) is 0. The number of amides is 1. The van der Waals surface area contributed by atoms with Crippen LogP contribution in [-0.2, 0) is 9.53 Å². The van der Waals surface area contributed by atoms with Crippen molar-refractivity contribution in [3.05, 3.63) is 0 Å². The van der Waals surface area contributed by atoms with Gasteiger partial charge in [-0.3, -0.25) is 4.79 Å². The summed E-state index contributed by atoms with van der Waals surface area (Å²) in [5.74, 6) is 0.144. The first-order chi connectivity index (χ1) is 7.51. The molecule has 0 radical (unpaired) electrons. The van der Waals surface area contributed by atoms with Crippen molar-refractivity contribution in [1.29, 1.82) is 0 Å². The molecule has 6 nitrogen and oxygen atoms in total. The molecule has 0 spiro atoms. The molecule has 0 bridgehead atoms. The fourth-order valence-electron chi connectivity index (χ4n) is 1.26. The van der Waals surface area contributed by atoms with E-state index in [0.29, 0.717) is 25.6 Å². The van der Waals surface area contributed by atoms with E-state index in [9.17, 15) is 4.79 Å². The van der Waals surface area contributed by atoms with E-state index in [1.165, 1.54) is 0 Å². The Morgan fingerprint density at radius 2 is 2.19 bits per heavy atom. The van der Waals surface area contributed by atoms with Gasteiger partial charge in [0.25, 0.3) is 0 Å². The average molecular weight is 231 g/mol. The summed E-state index contributed by atoms with van der Waals surface area (Å²) in [7, 11) is 1.58. The summed E-state index contributed by atoms with van der Waals surface area (Å²) in [4.78, 5) is 13.4. The number of ether oxygens (including phenoxy) is 1. The van der Waals surface area contributed by atoms with Crippen molar-refractivity contribution < 1.29 is 14.7 Å². The maximum absolute atomic E-state index is 11.8. The summed E-state index contributed by atoms with van der Waals surface area (Å²) >= 11 is 0. The van der Waals surface area contributed by atoms with Gasteiger partial charge in [0.2, 0.25) is 5.91 Å². The Balaban J connectivity index is 4.31. The van der Waals surface area contributed by atoms with Crippen molar-refractivity contribution in [2.45, 2.75) is 20.3 Å². The Morgan fingerprint density at radius 1 is 1.56 bits per heavy atom. The molecule has 0 saturated carbocycles. The molecule has 0 aromatic heterocycles. The van der Waals surface area contributed by atoms with Crippen LogP contribution in [0, 0.1) is 5.92 Å². The summed E-state index contributed by atoms with van der Waals surface area (Å²) in [6.07, 6.45) is -0.0626. The lowest BCUT2D eigenvalue weighted by Gasteiger charge is -2.24. The van der Waals surface area contributed by atoms with Crippen molar-refractivity contribution in [2.75, 3.05) is 26.8 Å². The van der Waals surface area contributed by atoms with Crippen LogP contribution in [0.3, 0.4) is 0 Å². The second kappa shape index (κ2) is 7.92. The minimum atomic E-state index is -0.152. The first kappa shape index (κ1) is 14.7. The number of nitrogens with two attached hydrogens (primary N) is 1. The SMILES string of the molecule is COCCN(CC(C)C)C(=O)CC(N)=NO. The molecule has 16 heavy (non-hydrogen) atoms. The maximum Gasteiger partial charge on any atom is 0.230 e. The highest BCUT2D eigenvalue weighted by molar-refractivity contribution is 5.98. The lowest BCUT2D eigenvalue weighted by atomic mass is 10.2. The molecule has 0 aromatic rings. The molecule has 0 aromatic carbocycles. The molecule has 3 N–H and O–H groups in total. The number of nitrogens with zero attached hydrogens (tertiary/aromatic N) is 2. The summed E-state index contributed by atoms with van der Waals surface area (Å²) < 4.78 is 4.93. The van der Waals surface area contributed by atoms with Crippen LogP contribution in [0.5, 0.6) is 0 Å². The number of oxime groups is 1. The number of rotatable bonds is 7. The van der Waals surface area contributed by atoms with E-state index >= 15 is 0 Å². The number of hydrogen-bond donors (Lipinski definition) is 2. The fourth-order valence-corrected chi connectivity index (χ4v) is 1.26. The summed E-state index contributed by atoms with van der Waals surface area (Å²) in [5.41, 5.74) is 5.29. The number of carbonyl (C=O) groups excluding carboxylic acids is 1. The Hall–Kier alpha value is -1.30. The van der Waals surface area contributed by atoms with E-state index in [0.717, 1.165) is 0 Å². The normalized spacial score (nSPS) is 11.9. The van der Waals surface area contributed by atoms with Crippen LogP contribution in [0.1, 0.15) is 20.3 Å². The van der Waals surface area contributed by atoms with Crippen LogP contribution in [0.15, 0.2) is 5.16 Å². The molecule has 94 valence electrons. The van der Waals surface area contributed by atoms with Crippen molar-refractivity contribution in [1.82, 2.24) is 4.90 Å². The van der Waals surface area contributed by atoms with E-state index < -0.39 is 0 Å². The molecular formula is C10H21N3O3. The highest BCUT2D eigenvalue weighted by atomic mass is 16.5. The summed E-state index contributed by atoms with van der Waals surface area (Å²) in [5, 5.41) is 11.2. The van der Waals surface area contributed by atoms with Gasteiger partial charge in [-0.1, -0.05) is 19.0 Å². The number of hydrogen-bond acceptors (Lipinski definition) is 4. The van der Waals surface area contributed by atoms with Gasteiger partial charge < -0.3 is 20.6 Å². The molecule has 0 fully saturated rings. The van der Waals surface area contributed by atoms with Gasteiger partial charge in [0.1, 0.15) is 5.84 Å². The third-order valence-electron chi connectivity index (χ3n) is 1.96. The van der Waals surface area contributed by atoms with Crippen LogP contribution in [-0.4, -0.2) is 48.7 Å². The fraction of sp³-hybridized carbons (Fsp3) is 0.800. The topological polar surface area (TPSA) is 88.2 Å². The minimum absolute atomic E-state index is 0.0626. The minimum Gasteiger partial charge on any atom is -0.409 e. The number of methoxy groups -OCH3 is 1. The zero-order chi connectivity index (χ0) is 12.6. The third-order valence-corrected chi connectivity index (χ3v) is 1.96. The highest BCUT2D eigenvalue weighted by Crippen LogP contribution is 2.01. The van der Waals surface area contributed by atoms with Gasteiger partial charge in [0.15, 0.2) is 0 Å². The Kier molecular flexibility index (Phi) is 7.28. The molecular weight excluding hydrogens is 210 g/mol. The predicted molar refractivity (Wildman–Crippen MR) is 61.3 cm³/mol. The highest BCUT2D eigenvalue weighted by Gasteiger charge is 2.15. The zero-order valence-corrected chi connectivity index (χ0v) is 10.1. The molecule has 0 heterocycles. The van der Waals surface area contributed by atoms with E-state index in [4.69, 9.17) is 15.7 Å². The first-order valence-electron chi connectivity index (χ1n) is 5.24. The molecule has 0 aliphatic rings. The van der Waals surface area contributed by atoms with E-state index in [2.05, 4.69) is 5.16 Å². The lowest BCUT2D eigenvalue weighted by molar-refractivity contribution is -0.131. The predicted octanol–water partition coefficient (Wildman–Crippen LogP) is 0.254. The standard InChI is InChI=1S/C10H21N3O3/c1-8(2)7-13(4-5-16-3)10(14)6-9(11)12-15/h8,15H,4-7H2,1-3H3,(H2,11,12). The molecule has 0 aliphatic carbocycles. The van der Waals surface area contributed by atoms with E-state index in [1.54, 1.807) is 12.0 Å². The van der Waals surface area contributed by atoms with Crippen LogP contribution in [0.4, 0.5) is 0 Å². The molecule has 1 amide bonds. The van der Waals surface area contributed by atoms with Crippen molar-refractivity contribution in [3.63, 3.8) is 0 Å². The molecule has 0 rings (SSSR count). The van der Waals surface area contributed by atoms with Crippen molar-refractivity contribution in [3.8, 4) is 0 Å². The van der Waals surface area contributed by atoms with Gasteiger partial charge in [0, 0.05) is 20.2 Å². The second-order valence-electron chi connectivity index (χ2n) is 3.99. The number of carbonyl (C=O) groups is 1. The van der Waals surface area contributed by atoms with Crippen LogP contribution >= 0.6 is 0 Å². The van der Waals surface area contributed by atoms with Crippen molar-refractivity contribution >= 4 is 11.7 Å². The van der Waals surface area contributed by atoms with Gasteiger partial charge in [-0.15, -0.1) is 0 Å². The van der Waals surface area contributed by atoms with Gasteiger partial charge in [-0.05, 0) is 5.92 Å². The monoisotopic (exact) mass is 231 g/mol. The molecule has 0 aliphatic heterocycles. The third kappa shape index (κ3) is 6.23. The Labute approximate surface area is 96.0 Å². The van der Waals surface area contributed by atoms with Crippen LogP contribution < -0.4 is 5.73 Å². The second-order valence-corrected chi connectivity index (χ2v) is 3.99. The molecule has 0 unspecified atom stereocenters. The first-order valence-corrected chi connectivity index (χ1v) is 5.24. The Bertz CT molecular complexity index is 241. The van der Waals surface area contributed by atoms with Gasteiger partial charge in [-0.25, -0.2) is 0 Å². The summed E-state index contributed by atoms with van der Waals surface area (Å²) in [6.45, 7) is 5.69. The smallest absolute Gasteiger partial charge is 0.230 e. The van der Waals surface area contributed by atoms with Gasteiger partial charge in [0.05, 0.1) is 13.0 Å². The Morgan fingerprint density at radius 3 is 2.62 bits per heavy atom. The van der Waals surface area contributed by atoms with Crippen LogP contribution in [0.25, 0.3) is 0 Å². The van der Waals surface area contributed by atoms with Crippen molar-refractivity contribution in [2.24, 2.45) is 16.8 Å². The largest absolute Gasteiger partial charge is 0.409 e. The molecule has 6 heteroatoms. The number of amidine groups is 1. The quantitative estimate of drug-likeness (QED) is 0.284. The molecule has 0 saturated heterocycles. The van der Waals surface area contributed by atoms with E-state index in [-0.39, 0.29) is 18.2 Å². The van der Waals surface area contributed by atoms with Gasteiger partial charge >= 0.3 is 0 Å².